The fourth-order valence-electron chi connectivity index (χ4n) is 4.75. The number of carbonyl (C=O) groups is 2. The molecule has 192 valence electrons. The molecule has 2 aliphatic rings. The van der Waals surface area contributed by atoms with Gasteiger partial charge in [-0.1, -0.05) is 19.1 Å². The van der Waals surface area contributed by atoms with Gasteiger partial charge in [-0.15, -0.1) is 0 Å². The lowest BCUT2D eigenvalue weighted by Crippen LogP contribution is -2.48. The summed E-state index contributed by atoms with van der Waals surface area (Å²) in [5, 5.41) is 12.4. The number of rotatable bonds is 8. The first-order valence-corrected chi connectivity index (χ1v) is 13.1. The van der Waals surface area contributed by atoms with Gasteiger partial charge < -0.3 is 14.6 Å². The van der Waals surface area contributed by atoms with E-state index in [1.165, 1.54) is 0 Å². The third-order valence-electron chi connectivity index (χ3n) is 7.09. The number of hydrogen-bond acceptors (Lipinski definition) is 7. The standard InChI is InChI=1S/C28H34N2O5S/c1-6-30(16-28(5)12-11-22-19(4)24(31)17(2)18(3)25(22)35-28)13-14-34-21-9-7-20(8-10-21)15-23-26(32)29-27(33)36-23/h7-10,15,31H,6,11-14,16H2,1-5H3,(H,29,32,33). The maximum absolute atomic E-state index is 11.7. The van der Waals surface area contributed by atoms with Crippen LogP contribution in [0.4, 0.5) is 4.79 Å². The summed E-state index contributed by atoms with van der Waals surface area (Å²) in [6, 6.07) is 7.48. The summed E-state index contributed by atoms with van der Waals surface area (Å²) in [5.41, 5.74) is 4.47. The Bertz CT molecular complexity index is 1210. The molecule has 0 aromatic heterocycles. The molecule has 2 aliphatic heterocycles. The number of phenolic OH excluding ortho intramolecular Hbond substituents is 1. The second-order valence-electron chi connectivity index (χ2n) is 9.72. The topological polar surface area (TPSA) is 88.1 Å². The summed E-state index contributed by atoms with van der Waals surface area (Å²) in [7, 11) is 0. The van der Waals surface area contributed by atoms with Crippen LogP contribution in [-0.4, -0.2) is 53.0 Å². The van der Waals surface area contributed by atoms with E-state index in [0.29, 0.717) is 17.3 Å². The first-order valence-electron chi connectivity index (χ1n) is 12.3. The number of nitrogens with one attached hydrogen (secondary N) is 1. The molecular weight excluding hydrogens is 476 g/mol. The Morgan fingerprint density at radius 3 is 2.53 bits per heavy atom. The van der Waals surface area contributed by atoms with Crippen molar-refractivity contribution in [1.29, 1.82) is 0 Å². The Kier molecular flexibility index (Phi) is 7.66. The first kappa shape index (κ1) is 26.1. The van der Waals surface area contributed by atoms with Crippen molar-refractivity contribution in [1.82, 2.24) is 10.2 Å². The number of carbonyl (C=O) groups excluding carboxylic acids is 2. The van der Waals surface area contributed by atoms with Crippen LogP contribution in [0.25, 0.3) is 6.08 Å². The zero-order valence-electron chi connectivity index (χ0n) is 21.6. The van der Waals surface area contributed by atoms with Crippen LogP contribution in [0.15, 0.2) is 29.2 Å². The number of imide groups is 1. The quantitative estimate of drug-likeness (QED) is 0.476. The summed E-state index contributed by atoms with van der Waals surface area (Å²) in [6.45, 7) is 13.2. The van der Waals surface area contributed by atoms with Crippen molar-refractivity contribution in [3.63, 3.8) is 0 Å². The number of nitrogens with zero attached hydrogens (tertiary/aromatic N) is 1. The molecule has 36 heavy (non-hydrogen) atoms. The molecule has 8 heteroatoms. The molecule has 1 fully saturated rings. The molecule has 7 nitrogen and oxygen atoms in total. The number of aromatic hydroxyl groups is 1. The van der Waals surface area contributed by atoms with Crippen LogP contribution in [0.5, 0.6) is 17.2 Å². The molecule has 2 aromatic carbocycles. The maximum Gasteiger partial charge on any atom is 0.290 e. The number of amides is 2. The van der Waals surface area contributed by atoms with Crippen LogP contribution in [-0.2, 0) is 11.2 Å². The van der Waals surface area contributed by atoms with Crippen molar-refractivity contribution in [3.8, 4) is 17.2 Å². The van der Waals surface area contributed by atoms with Gasteiger partial charge in [-0.05, 0) is 99.3 Å². The fourth-order valence-corrected chi connectivity index (χ4v) is 5.44. The highest BCUT2D eigenvalue weighted by Crippen LogP contribution is 2.43. The largest absolute Gasteiger partial charge is 0.507 e. The van der Waals surface area contributed by atoms with Gasteiger partial charge in [-0.25, -0.2) is 0 Å². The smallest absolute Gasteiger partial charge is 0.290 e. The molecule has 2 N–H and O–H groups in total. The molecule has 0 bridgehead atoms. The molecule has 4 rings (SSSR count). The summed E-state index contributed by atoms with van der Waals surface area (Å²) in [4.78, 5) is 25.7. The van der Waals surface area contributed by atoms with E-state index in [2.05, 4.69) is 24.1 Å². The van der Waals surface area contributed by atoms with Crippen molar-refractivity contribution in [2.75, 3.05) is 26.2 Å². The molecular formula is C28H34N2O5S. The van der Waals surface area contributed by atoms with Crippen LogP contribution >= 0.6 is 11.8 Å². The van der Waals surface area contributed by atoms with E-state index in [1.807, 2.05) is 45.0 Å². The molecule has 1 saturated heterocycles. The molecule has 2 heterocycles. The third kappa shape index (κ3) is 5.55. The number of hydrogen-bond donors (Lipinski definition) is 2. The number of ether oxygens (including phenoxy) is 2. The van der Waals surface area contributed by atoms with E-state index in [-0.39, 0.29) is 16.7 Å². The highest BCUT2D eigenvalue weighted by molar-refractivity contribution is 8.18. The van der Waals surface area contributed by atoms with Crippen molar-refractivity contribution in [2.24, 2.45) is 0 Å². The van der Waals surface area contributed by atoms with Crippen LogP contribution in [0.2, 0.25) is 0 Å². The number of phenols is 1. The fraction of sp³-hybridized carbons (Fsp3) is 0.429. The predicted octanol–water partition coefficient (Wildman–Crippen LogP) is 5.13. The van der Waals surface area contributed by atoms with Crippen molar-refractivity contribution < 1.29 is 24.2 Å². The molecule has 0 saturated carbocycles. The zero-order valence-corrected chi connectivity index (χ0v) is 22.4. The van der Waals surface area contributed by atoms with Gasteiger partial charge in [0.05, 0.1) is 4.91 Å². The van der Waals surface area contributed by atoms with Crippen LogP contribution in [0.3, 0.4) is 0 Å². The van der Waals surface area contributed by atoms with Crippen LogP contribution in [0.1, 0.15) is 48.1 Å². The second-order valence-corrected chi connectivity index (χ2v) is 10.7. The monoisotopic (exact) mass is 510 g/mol. The maximum atomic E-state index is 11.7. The summed E-state index contributed by atoms with van der Waals surface area (Å²) in [5.74, 6) is 1.70. The average molecular weight is 511 g/mol. The second kappa shape index (κ2) is 10.6. The lowest BCUT2D eigenvalue weighted by Gasteiger charge is -2.40. The van der Waals surface area contributed by atoms with Gasteiger partial charge in [0, 0.05) is 18.7 Å². The molecule has 0 radical (unpaired) electrons. The summed E-state index contributed by atoms with van der Waals surface area (Å²) < 4.78 is 12.6. The molecule has 2 amide bonds. The Labute approximate surface area is 216 Å². The highest BCUT2D eigenvalue weighted by atomic mass is 32.2. The average Bonchev–Trinajstić information content (AvgIpc) is 3.17. The lowest BCUT2D eigenvalue weighted by molar-refractivity contribution is -0.115. The van der Waals surface area contributed by atoms with E-state index >= 15 is 0 Å². The van der Waals surface area contributed by atoms with Crippen LogP contribution < -0.4 is 14.8 Å². The van der Waals surface area contributed by atoms with E-state index in [0.717, 1.165) is 83.6 Å². The predicted molar refractivity (Wildman–Crippen MR) is 143 cm³/mol. The molecule has 1 unspecified atom stereocenters. The first-order chi connectivity index (χ1) is 17.1. The summed E-state index contributed by atoms with van der Waals surface area (Å²) >= 11 is 0.908. The molecule has 1 atom stereocenters. The van der Waals surface area contributed by atoms with Gasteiger partial charge in [0.15, 0.2) is 0 Å². The number of thioether (sulfide) groups is 1. The van der Waals surface area contributed by atoms with Gasteiger partial charge >= 0.3 is 0 Å². The molecule has 2 aromatic rings. The SMILES string of the molecule is CCN(CCOc1ccc(C=C2SC(=O)NC2=O)cc1)CC1(C)CCc2c(C)c(O)c(C)c(C)c2O1. The Morgan fingerprint density at radius 2 is 1.89 bits per heavy atom. The highest BCUT2D eigenvalue weighted by Gasteiger charge is 2.35. The zero-order chi connectivity index (χ0) is 26.0. The van der Waals surface area contributed by atoms with E-state index in [9.17, 15) is 14.7 Å². The van der Waals surface area contributed by atoms with Gasteiger partial charge in [0.25, 0.3) is 11.1 Å². The number of fused-ring (bicyclic) bond motifs is 1. The number of benzene rings is 2. The van der Waals surface area contributed by atoms with Gasteiger partial charge in [-0.3, -0.25) is 19.8 Å². The Morgan fingerprint density at radius 1 is 1.17 bits per heavy atom. The lowest BCUT2D eigenvalue weighted by atomic mass is 9.87. The Hall–Kier alpha value is -2.97. The minimum absolute atomic E-state index is 0.315. The molecule has 0 spiro atoms. The normalized spacial score (nSPS) is 20.4. The minimum atomic E-state index is -0.359. The van der Waals surface area contributed by atoms with Gasteiger partial charge in [-0.2, -0.15) is 0 Å². The van der Waals surface area contributed by atoms with Crippen LogP contribution in [0, 0.1) is 20.8 Å². The molecule has 0 aliphatic carbocycles. The van der Waals surface area contributed by atoms with Gasteiger partial charge in [0.2, 0.25) is 0 Å². The van der Waals surface area contributed by atoms with Crippen molar-refractivity contribution in [3.05, 3.63) is 57.0 Å². The Balaban J connectivity index is 1.33. The van der Waals surface area contributed by atoms with Crippen molar-refractivity contribution in [2.45, 2.75) is 53.1 Å². The minimum Gasteiger partial charge on any atom is -0.507 e. The van der Waals surface area contributed by atoms with E-state index in [1.54, 1.807) is 6.08 Å². The van der Waals surface area contributed by atoms with E-state index < -0.39 is 0 Å². The third-order valence-corrected chi connectivity index (χ3v) is 7.90. The van der Waals surface area contributed by atoms with Crippen molar-refractivity contribution >= 4 is 29.0 Å². The summed E-state index contributed by atoms with van der Waals surface area (Å²) in [6.07, 6.45) is 3.47. The number of likely N-dealkylation sites (N-methyl/N-ethyl adjacent to an activating group) is 1. The van der Waals surface area contributed by atoms with E-state index in [4.69, 9.17) is 9.47 Å². The van der Waals surface area contributed by atoms with Gasteiger partial charge in [0.1, 0.15) is 29.5 Å².